The zero-order valence-electron chi connectivity index (χ0n) is 10.1. The largest absolute Gasteiger partial charge is 0.469 e. The van der Waals surface area contributed by atoms with Crippen molar-refractivity contribution in [1.82, 2.24) is 4.98 Å². The van der Waals surface area contributed by atoms with Crippen LogP contribution in [0.15, 0.2) is 18.3 Å². The Bertz CT molecular complexity index is 461. The van der Waals surface area contributed by atoms with Crippen LogP contribution < -0.4 is 10.6 Å². The van der Waals surface area contributed by atoms with E-state index in [0.29, 0.717) is 11.5 Å². The van der Waals surface area contributed by atoms with Crippen LogP contribution >= 0.6 is 12.2 Å². The summed E-state index contributed by atoms with van der Waals surface area (Å²) in [6.07, 6.45) is 2.45. The number of ether oxygens (including phenoxy) is 1. The van der Waals surface area contributed by atoms with Crippen molar-refractivity contribution < 1.29 is 9.53 Å². The maximum atomic E-state index is 11.4. The van der Waals surface area contributed by atoms with E-state index in [1.165, 1.54) is 7.11 Å². The number of anilines is 1. The summed E-state index contributed by atoms with van der Waals surface area (Å²) in [4.78, 5) is 18.1. The highest BCUT2D eigenvalue weighted by molar-refractivity contribution is 7.80. The zero-order valence-corrected chi connectivity index (χ0v) is 10.9. The van der Waals surface area contributed by atoms with Gasteiger partial charge in [-0.15, -0.1) is 0 Å². The number of esters is 1. The Morgan fingerprint density at radius 1 is 1.61 bits per heavy atom. The zero-order chi connectivity index (χ0) is 13.1. The Hall–Kier alpha value is -1.69. The van der Waals surface area contributed by atoms with Crippen LogP contribution in [-0.2, 0) is 9.53 Å². The van der Waals surface area contributed by atoms with Gasteiger partial charge in [-0.05, 0) is 18.6 Å². The molecule has 1 fully saturated rings. The molecule has 0 amide bonds. The van der Waals surface area contributed by atoms with Gasteiger partial charge in [0.2, 0.25) is 0 Å². The van der Waals surface area contributed by atoms with Crippen molar-refractivity contribution >= 4 is 29.0 Å². The number of hydrogen-bond acceptors (Lipinski definition) is 5. The summed E-state index contributed by atoms with van der Waals surface area (Å²) in [6, 6.07) is 3.71. The van der Waals surface area contributed by atoms with E-state index >= 15 is 0 Å². The van der Waals surface area contributed by atoms with Gasteiger partial charge in [0.15, 0.2) is 0 Å². The van der Waals surface area contributed by atoms with Gasteiger partial charge < -0.3 is 15.4 Å². The van der Waals surface area contributed by atoms with E-state index in [-0.39, 0.29) is 11.9 Å². The summed E-state index contributed by atoms with van der Waals surface area (Å²) in [5.41, 5.74) is 6.26. The number of carbonyl (C=O) groups excluding carboxylic acids is 1. The number of nitrogens with zero attached hydrogens (tertiary/aromatic N) is 2. The molecule has 0 saturated carbocycles. The highest BCUT2D eigenvalue weighted by atomic mass is 32.1. The molecule has 1 aromatic rings. The number of hydrogen-bond donors (Lipinski definition) is 1. The fourth-order valence-corrected chi connectivity index (χ4v) is 2.17. The van der Waals surface area contributed by atoms with Crippen molar-refractivity contribution in [3.05, 3.63) is 23.9 Å². The highest BCUT2D eigenvalue weighted by Gasteiger charge is 2.29. The Morgan fingerprint density at radius 2 is 2.39 bits per heavy atom. The lowest BCUT2D eigenvalue weighted by molar-refractivity contribution is -0.144. The first-order chi connectivity index (χ1) is 8.61. The summed E-state index contributed by atoms with van der Waals surface area (Å²) in [5.74, 6) is 0.616. The van der Waals surface area contributed by atoms with E-state index in [1.807, 2.05) is 12.1 Å². The van der Waals surface area contributed by atoms with Gasteiger partial charge in [0, 0.05) is 24.8 Å². The SMILES string of the molecule is COC(=O)C1CCN(c2ccc(C(N)=S)cn2)C1. The lowest BCUT2D eigenvalue weighted by Crippen LogP contribution is -2.24. The van der Waals surface area contributed by atoms with Crippen LogP contribution in [0.3, 0.4) is 0 Å². The fraction of sp³-hybridized carbons (Fsp3) is 0.417. The van der Waals surface area contributed by atoms with Crippen molar-refractivity contribution in [2.45, 2.75) is 6.42 Å². The minimum absolute atomic E-state index is 0.0629. The van der Waals surface area contributed by atoms with Crippen LogP contribution in [0, 0.1) is 5.92 Å². The van der Waals surface area contributed by atoms with Gasteiger partial charge in [0.05, 0.1) is 13.0 Å². The molecule has 96 valence electrons. The Labute approximate surface area is 111 Å². The molecule has 0 aliphatic carbocycles. The number of carbonyl (C=O) groups is 1. The van der Waals surface area contributed by atoms with Crippen molar-refractivity contribution in [2.75, 3.05) is 25.1 Å². The van der Waals surface area contributed by atoms with Crippen LogP contribution in [0.5, 0.6) is 0 Å². The number of thiocarbonyl (C=S) groups is 1. The first-order valence-corrected chi connectivity index (χ1v) is 6.11. The van der Waals surface area contributed by atoms with E-state index in [9.17, 15) is 4.79 Å². The molecule has 0 aromatic carbocycles. The lowest BCUT2D eigenvalue weighted by atomic mass is 10.1. The summed E-state index contributed by atoms with van der Waals surface area (Å²) in [5, 5.41) is 0. The van der Waals surface area contributed by atoms with Crippen LogP contribution in [-0.4, -0.2) is 36.1 Å². The van der Waals surface area contributed by atoms with Gasteiger partial charge in [-0.25, -0.2) is 4.98 Å². The molecule has 5 nitrogen and oxygen atoms in total. The molecular formula is C12H15N3O2S. The third-order valence-electron chi connectivity index (χ3n) is 3.08. The van der Waals surface area contributed by atoms with Gasteiger partial charge in [0.1, 0.15) is 10.8 Å². The molecule has 1 aromatic heterocycles. The molecule has 1 aliphatic heterocycles. The summed E-state index contributed by atoms with van der Waals surface area (Å²) in [6.45, 7) is 1.45. The fourth-order valence-electron chi connectivity index (χ4n) is 2.05. The molecule has 1 unspecified atom stereocenters. The van der Waals surface area contributed by atoms with Crippen LogP contribution in [0.1, 0.15) is 12.0 Å². The maximum Gasteiger partial charge on any atom is 0.310 e. The first kappa shape index (κ1) is 12.8. The molecule has 1 saturated heterocycles. The first-order valence-electron chi connectivity index (χ1n) is 5.70. The molecule has 2 heterocycles. The normalized spacial score (nSPS) is 18.7. The third-order valence-corrected chi connectivity index (χ3v) is 3.31. The quantitative estimate of drug-likeness (QED) is 0.641. The smallest absolute Gasteiger partial charge is 0.310 e. The van der Waals surface area contributed by atoms with E-state index in [0.717, 1.165) is 24.3 Å². The van der Waals surface area contributed by atoms with Gasteiger partial charge in [-0.2, -0.15) is 0 Å². The molecule has 1 aliphatic rings. The van der Waals surface area contributed by atoms with Crippen LogP contribution in [0.25, 0.3) is 0 Å². The number of methoxy groups -OCH3 is 1. The van der Waals surface area contributed by atoms with E-state index < -0.39 is 0 Å². The maximum absolute atomic E-state index is 11.4. The second-order valence-corrected chi connectivity index (χ2v) is 4.66. The minimum atomic E-state index is -0.155. The van der Waals surface area contributed by atoms with Gasteiger partial charge in [-0.3, -0.25) is 4.79 Å². The molecule has 0 bridgehead atoms. The second-order valence-electron chi connectivity index (χ2n) is 4.22. The molecule has 0 radical (unpaired) electrons. The lowest BCUT2D eigenvalue weighted by Gasteiger charge is -2.17. The molecule has 2 rings (SSSR count). The Morgan fingerprint density at radius 3 is 2.94 bits per heavy atom. The summed E-state index contributed by atoms with van der Waals surface area (Å²) in [7, 11) is 1.42. The Kier molecular flexibility index (Phi) is 3.76. The molecule has 6 heteroatoms. The van der Waals surface area contributed by atoms with E-state index in [1.54, 1.807) is 6.20 Å². The molecule has 0 spiro atoms. The topological polar surface area (TPSA) is 68.5 Å². The molecular weight excluding hydrogens is 250 g/mol. The van der Waals surface area contributed by atoms with Gasteiger partial charge in [-0.1, -0.05) is 12.2 Å². The average Bonchev–Trinajstić information content (AvgIpc) is 2.87. The van der Waals surface area contributed by atoms with Crippen molar-refractivity contribution in [2.24, 2.45) is 11.7 Å². The molecule has 1 atom stereocenters. The summed E-state index contributed by atoms with van der Waals surface area (Å²) < 4.78 is 4.75. The number of pyridine rings is 1. The monoisotopic (exact) mass is 265 g/mol. The second kappa shape index (κ2) is 5.30. The van der Waals surface area contributed by atoms with E-state index in [4.69, 9.17) is 22.7 Å². The number of nitrogens with two attached hydrogens (primary N) is 1. The molecule has 18 heavy (non-hydrogen) atoms. The van der Waals surface area contributed by atoms with Crippen LogP contribution in [0.2, 0.25) is 0 Å². The summed E-state index contributed by atoms with van der Waals surface area (Å²) >= 11 is 4.87. The van der Waals surface area contributed by atoms with Crippen molar-refractivity contribution in [1.29, 1.82) is 0 Å². The van der Waals surface area contributed by atoms with Gasteiger partial charge in [0.25, 0.3) is 0 Å². The van der Waals surface area contributed by atoms with Crippen LogP contribution in [0.4, 0.5) is 5.82 Å². The minimum Gasteiger partial charge on any atom is -0.469 e. The van der Waals surface area contributed by atoms with Gasteiger partial charge >= 0.3 is 5.97 Å². The third kappa shape index (κ3) is 2.59. The highest BCUT2D eigenvalue weighted by Crippen LogP contribution is 2.22. The van der Waals surface area contributed by atoms with E-state index in [2.05, 4.69) is 9.88 Å². The number of rotatable bonds is 3. The predicted molar refractivity (Wildman–Crippen MR) is 72.5 cm³/mol. The standard InChI is InChI=1S/C12H15N3O2S/c1-17-12(16)9-4-5-15(7-9)10-3-2-8(6-14-10)11(13)18/h2-3,6,9H,4-5,7H2,1H3,(H2,13,18). The van der Waals surface area contributed by atoms with Crippen molar-refractivity contribution in [3.63, 3.8) is 0 Å². The number of aromatic nitrogens is 1. The van der Waals surface area contributed by atoms with Crippen molar-refractivity contribution in [3.8, 4) is 0 Å². The Balaban J connectivity index is 2.05. The predicted octanol–water partition coefficient (Wildman–Crippen LogP) is 0.715. The average molecular weight is 265 g/mol. The molecule has 2 N–H and O–H groups in total.